The zero-order valence-corrected chi connectivity index (χ0v) is 9.76. The number of rotatable bonds is 1. The predicted octanol–water partition coefficient (Wildman–Crippen LogP) is 3.05. The van der Waals surface area contributed by atoms with Crippen molar-refractivity contribution in [3.05, 3.63) is 33.3 Å². The van der Waals surface area contributed by atoms with Crippen LogP contribution in [0.2, 0.25) is 5.02 Å². The van der Waals surface area contributed by atoms with Crippen LogP contribution < -0.4 is 5.48 Å². The van der Waals surface area contributed by atoms with Crippen molar-refractivity contribution in [2.24, 2.45) is 4.99 Å². The molecule has 1 N–H and O–H groups in total. The van der Waals surface area contributed by atoms with E-state index in [1.807, 2.05) is 25.1 Å². The van der Waals surface area contributed by atoms with Crippen LogP contribution in [0.1, 0.15) is 18.7 Å². The van der Waals surface area contributed by atoms with Gasteiger partial charge in [0.1, 0.15) is 5.84 Å². The van der Waals surface area contributed by atoms with Crippen LogP contribution in [0.25, 0.3) is 0 Å². The van der Waals surface area contributed by atoms with E-state index in [1.54, 1.807) is 0 Å². The SMILES string of the molecule is CC1=NC(c2c(Cl)cccc2Br)ON1. The Morgan fingerprint density at radius 3 is 2.93 bits per heavy atom. The molecule has 0 aliphatic carbocycles. The topological polar surface area (TPSA) is 33.6 Å². The second kappa shape index (κ2) is 3.88. The highest BCUT2D eigenvalue weighted by molar-refractivity contribution is 9.10. The molecule has 0 bridgehead atoms. The van der Waals surface area contributed by atoms with Gasteiger partial charge in [-0.1, -0.05) is 33.6 Å². The molecule has 1 aromatic rings. The molecule has 5 heteroatoms. The minimum absolute atomic E-state index is 0.363. The lowest BCUT2D eigenvalue weighted by atomic mass is 10.2. The van der Waals surface area contributed by atoms with Crippen molar-refractivity contribution in [2.75, 3.05) is 0 Å². The highest BCUT2D eigenvalue weighted by Gasteiger charge is 2.22. The summed E-state index contributed by atoms with van der Waals surface area (Å²) in [5.74, 6) is 0.752. The minimum Gasteiger partial charge on any atom is -0.251 e. The van der Waals surface area contributed by atoms with Gasteiger partial charge >= 0.3 is 0 Å². The predicted molar refractivity (Wildman–Crippen MR) is 59.2 cm³/mol. The largest absolute Gasteiger partial charge is 0.251 e. The molecule has 1 aromatic carbocycles. The Labute approximate surface area is 95.2 Å². The van der Waals surface area contributed by atoms with Crippen molar-refractivity contribution in [1.82, 2.24) is 5.48 Å². The van der Waals surface area contributed by atoms with Gasteiger partial charge in [0.15, 0.2) is 0 Å². The first-order chi connectivity index (χ1) is 6.68. The molecule has 0 fully saturated rings. The number of aliphatic imine (C=N–C) groups is 1. The molecular weight excluding hydrogens is 267 g/mol. The Bertz CT molecular complexity index is 374. The first kappa shape index (κ1) is 9.96. The van der Waals surface area contributed by atoms with Crippen molar-refractivity contribution in [2.45, 2.75) is 13.2 Å². The van der Waals surface area contributed by atoms with Gasteiger partial charge < -0.3 is 0 Å². The van der Waals surface area contributed by atoms with Crippen molar-refractivity contribution < 1.29 is 4.84 Å². The van der Waals surface area contributed by atoms with Crippen LogP contribution in [0.5, 0.6) is 0 Å². The minimum atomic E-state index is -0.363. The molecule has 74 valence electrons. The first-order valence-corrected chi connectivity index (χ1v) is 5.25. The summed E-state index contributed by atoms with van der Waals surface area (Å²) in [4.78, 5) is 9.49. The summed E-state index contributed by atoms with van der Waals surface area (Å²) < 4.78 is 0.898. The number of nitrogens with zero attached hydrogens (tertiary/aromatic N) is 1. The summed E-state index contributed by atoms with van der Waals surface area (Å²) in [6.45, 7) is 1.84. The lowest BCUT2D eigenvalue weighted by Gasteiger charge is -2.10. The molecule has 1 aliphatic heterocycles. The maximum absolute atomic E-state index is 6.05. The third-order valence-electron chi connectivity index (χ3n) is 1.88. The molecule has 0 aromatic heterocycles. The van der Waals surface area contributed by atoms with Gasteiger partial charge in [0, 0.05) is 15.1 Å². The number of amidine groups is 1. The average Bonchev–Trinajstić information content (AvgIpc) is 2.51. The number of hydrogen-bond donors (Lipinski definition) is 1. The van der Waals surface area contributed by atoms with Crippen LogP contribution in [0.3, 0.4) is 0 Å². The number of nitrogens with one attached hydrogen (secondary N) is 1. The molecule has 1 unspecified atom stereocenters. The fourth-order valence-electron chi connectivity index (χ4n) is 1.24. The fraction of sp³-hybridized carbons (Fsp3) is 0.222. The number of halogens is 2. The lowest BCUT2D eigenvalue weighted by Crippen LogP contribution is -2.13. The third-order valence-corrected chi connectivity index (χ3v) is 2.90. The monoisotopic (exact) mass is 274 g/mol. The van der Waals surface area contributed by atoms with Gasteiger partial charge in [-0.05, 0) is 19.1 Å². The van der Waals surface area contributed by atoms with Crippen LogP contribution >= 0.6 is 27.5 Å². The molecule has 0 radical (unpaired) electrons. The second-order valence-electron chi connectivity index (χ2n) is 2.92. The molecule has 2 rings (SSSR count). The zero-order chi connectivity index (χ0) is 10.1. The van der Waals surface area contributed by atoms with E-state index in [0.29, 0.717) is 5.02 Å². The summed E-state index contributed by atoms with van der Waals surface area (Å²) in [6.07, 6.45) is -0.363. The molecule has 1 heterocycles. The molecule has 3 nitrogen and oxygen atoms in total. The van der Waals surface area contributed by atoms with E-state index in [2.05, 4.69) is 26.4 Å². The van der Waals surface area contributed by atoms with Crippen molar-refractivity contribution >= 4 is 33.4 Å². The second-order valence-corrected chi connectivity index (χ2v) is 4.18. The normalized spacial score (nSPS) is 20.5. The number of benzene rings is 1. The van der Waals surface area contributed by atoms with E-state index in [9.17, 15) is 0 Å². The summed E-state index contributed by atoms with van der Waals surface area (Å²) in [5.41, 5.74) is 3.54. The Hall–Kier alpha value is -0.580. The molecular formula is C9H8BrClN2O. The van der Waals surface area contributed by atoms with Crippen LogP contribution in [-0.2, 0) is 4.84 Å². The molecule has 0 saturated carbocycles. The van der Waals surface area contributed by atoms with Gasteiger partial charge in [-0.2, -0.15) is 0 Å². The highest BCUT2D eigenvalue weighted by Crippen LogP contribution is 2.34. The van der Waals surface area contributed by atoms with Gasteiger partial charge in [0.05, 0.1) is 0 Å². The molecule has 0 saturated heterocycles. The van der Waals surface area contributed by atoms with Crippen molar-refractivity contribution in [3.8, 4) is 0 Å². The smallest absolute Gasteiger partial charge is 0.204 e. The summed E-state index contributed by atoms with van der Waals surface area (Å²) in [6, 6.07) is 5.59. The standard InChI is InChI=1S/C9H8BrClN2O/c1-5-12-9(14-13-5)8-6(10)3-2-4-7(8)11/h2-4,9H,1H3,(H,12,13). The molecule has 14 heavy (non-hydrogen) atoms. The average molecular weight is 276 g/mol. The zero-order valence-electron chi connectivity index (χ0n) is 7.42. The van der Waals surface area contributed by atoms with Gasteiger partial charge in [-0.3, -0.25) is 5.48 Å². The number of hydrogen-bond acceptors (Lipinski definition) is 3. The van der Waals surface area contributed by atoms with Crippen LogP contribution in [0.15, 0.2) is 27.7 Å². The van der Waals surface area contributed by atoms with E-state index in [1.165, 1.54) is 0 Å². The fourth-order valence-corrected chi connectivity index (χ4v) is 2.18. The van der Waals surface area contributed by atoms with Gasteiger partial charge in [-0.15, -0.1) is 0 Å². The van der Waals surface area contributed by atoms with Gasteiger partial charge in [0.25, 0.3) is 0 Å². The Morgan fingerprint density at radius 2 is 2.36 bits per heavy atom. The molecule has 1 aliphatic rings. The van der Waals surface area contributed by atoms with Crippen LogP contribution in [0, 0.1) is 0 Å². The van der Waals surface area contributed by atoms with Gasteiger partial charge in [0.2, 0.25) is 6.23 Å². The van der Waals surface area contributed by atoms with Crippen LogP contribution in [0.4, 0.5) is 0 Å². The van der Waals surface area contributed by atoms with Gasteiger partial charge in [-0.25, -0.2) is 9.83 Å². The first-order valence-electron chi connectivity index (χ1n) is 4.08. The maximum atomic E-state index is 6.05. The summed E-state index contributed by atoms with van der Waals surface area (Å²) in [7, 11) is 0. The molecule has 1 atom stereocenters. The lowest BCUT2D eigenvalue weighted by molar-refractivity contribution is 0.0370. The highest BCUT2D eigenvalue weighted by atomic mass is 79.9. The quantitative estimate of drug-likeness (QED) is 0.854. The Balaban J connectivity index is 2.41. The van der Waals surface area contributed by atoms with E-state index in [4.69, 9.17) is 16.4 Å². The van der Waals surface area contributed by atoms with E-state index in [-0.39, 0.29) is 6.23 Å². The third kappa shape index (κ3) is 1.78. The van der Waals surface area contributed by atoms with E-state index in [0.717, 1.165) is 15.9 Å². The Kier molecular flexibility index (Phi) is 2.76. The molecule has 0 amide bonds. The summed E-state index contributed by atoms with van der Waals surface area (Å²) in [5, 5.41) is 0.643. The van der Waals surface area contributed by atoms with Crippen LogP contribution in [-0.4, -0.2) is 5.84 Å². The van der Waals surface area contributed by atoms with E-state index >= 15 is 0 Å². The van der Waals surface area contributed by atoms with Crippen molar-refractivity contribution in [3.63, 3.8) is 0 Å². The maximum Gasteiger partial charge on any atom is 0.204 e. The number of hydroxylamine groups is 1. The van der Waals surface area contributed by atoms with E-state index < -0.39 is 0 Å². The summed E-state index contributed by atoms with van der Waals surface area (Å²) >= 11 is 9.47. The molecule has 0 spiro atoms. The Morgan fingerprint density at radius 1 is 1.57 bits per heavy atom. The van der Waals surface area contributed by atoms with Crippen molar-refractivity contribution in [1.29, 1.82) is 0 Å².